The van der Waals surface area contributed by atoms with Crippen molar-refractivity contribution in [1.82, 2.24) is 4.90 Å². The molecule has 6 heteroatoms. The van der Waals surface area contributed by atoms with Crippen LogP contribution in [0.5, 0.6) is 0 Å². The van der Waals surface area contributed by atoms with Gasteiger partial charge < -0.3 is 9.80 Å². The average molecular weight is 432 g/mol. The Morgan fingerprint density at radius 2 is 2.03 bits per heavy atom. The van der Waals surface area contributed by atoms with Gasteiger partial charge in [0.2, 0.25) is 5.91 Å². The molecule has 2 fully saturated rings. The third-order valence-electron chi connectivity index (χ3n) is 6.72. The van der Waals surface area contributed by atoms with Crippen LogP contribution >= 0.6 is 11.8 Å². The summed E-state index contributed by atoms with van der Waals surface area (Å²) in [7, 11) is 0. The lowest BCUT2D eigenvalue weighted by Gasteiger charge is -2.35. The molecule has 31 heavy (non-hydrogen) atoms. The number of hydrogen-bond donors (Lipinski definition) is 0. The van der Waals surface area contributed by atoms with Crippen LogP contribution in [0.1, 0.15) is 47.9 Å². The van der Waals surface area contributed by atoms with Crippen molar-refractivity contribution in [1.29, 1.82) is 5.26 Å². The van der Waals surface area contributed by atoms with Crippen molar-refractivity contribution in [3.63, 3.8) is 0 Å². The number of carbonyl (C=O) groups is 2. The van der Waals surface area contributed by atoms with Crippen molar-refractivity contribution in [3.05, 3.63) is 64.7 Å². The summed E-state index contributed by atoms with van der Waals surface area (Å²) in [6.07, 6.45) is 4.04. The van der Waals surface area contributed by atoms with Gasteiger partial charge in [-0.15, -0.1) is 11.8 Å². The summed E-state index contributed by atoms with van der Waals surface area (Å²) < 4.78 is 0. The number of fused-ring (bicyclic) bond motifs is 2. The van der Waals surface area contributed by atoms with Gasteiger partial charge in [-0.1, -0.05) is 42.7 Å². The zero-order valence-corrected chi connectivity index (χ0v) is 18.5. The largest absolute Gasteiger partial charge is 0.315 e. The third-order valence-corrected chi connectivity index (χ3v) is 8.14. The maximum atomic E-state index is 14.0. The highest BCUT2D eigenvalue weighted by atomic mass is 32.2. The number of anilines is 1. The molecule has 1 saturated carbocycles. The minimum Gasteiger partial charge on any atom is -0.315 e. The minimum absolute atomic E-state index is 0.0377. The minimum atomic E-state index is -0.964. The van der Waals surface area contributed by atoms with E-state index in [2.05, 4.69) is 12.1 Å². The fourth-order valence-corrected chi connectivity index (χ4v) is 6.68. The molecule has 2 aromatic carbocycles. The maximum Gasteiger partial charge on any atom is 0.268 e. The molecule has 1 spiro atoms. The fourth-order valence-electron chi connectivity index (χ4n) is 5.22. The van der Waals surface area contributed by atoms with Crippen LogP contribution in [-0.2, 0) is 21.0 Å². The molecule has 1 saturated heterocycles. The zero-order valence-electron chi connectivity index (χ0n) is 17.6. The molecule has 0 aromatic heterocycles. The van der Waals surface area contributed by atoms with E-state index >= 15 is 0 Å². The van der Waals surface area contributed by atoms with E-state index in [4.69, 9.17) is 0 Å². The van der Waals surface area contributed by atoms with Gasteiger partial charge in [-0.3, -0.25) is 9.59 Å². The van der Waals surface area contributed by atoms with Crippen molar-refractivity contribution >= 4 is 29.3 Å². The summed E-state index contributed by atoms with van der Waals surface area (Å²) >= 11 is 1.59. The number of carbonyl (C=O) groups excluding carboxylic acids is 2. The molecular formula is C25H25N3O2S. The second-order valence-corrected chi connectivity index (χ2v) is 9.98. The molecule has 0 N–H and O–H groups in total. The summed E-state index contributed by atoms with van der Waals surface area (Å²) in [4.78, 5) is 30.3. The third kappa shape index (κ3) is 3.14. The highest BCUT2D eigenvalue weighted by Gasteiger charge is 2.59. The molecular weight excluding hydrogens is 406 g/mol. The standard InChI is InChI=1S/C25H25N3O2S/c1-17-9-10-22-21(13-17)25(28(11-12-31-25)23(29)20-7-2-3-8-20)24(30)27(22)16-19-6-4-5-18(14-19)15-26/h4-6,9-10,13-14,20H,2-3,7-8,11-12,16H2,1H3. The first-order valence-corrected chi connectivity index (χ1v) is 11.9. The van der Waals surface area contributed by atoms with Crippen molar-refractivity contribution in [2.45, 2.75) is 44.0 Å². The number of rotatable bonds is 3. The van der Waals surface area contributed by atoms with Crippen molar-refractivity contribution < 1.29 is 9.59 Å². The zero-order chi connectivity index (χ0) is 21.6. The quantitative estimate of drug-likeness (QED) is 0.726. The van der Waals surface area contributed by atoms with Crippen LogP contribution in [0.25, 0.3) is 0 Å². The SMILES string of the molecule is Cc1ccc2c(c1)C1(SCCN1C(=O)C1CCCC1)C(=O)N2Cc1cccc(C#N)c1. The fraction of sp³-hybridized carbons (Fsp3) is 0.400. The number of amides is 2. The summed E-state index contributed by atoms with van der Waals surface area (Å²) in [5.74, 6) is 0.897. The average Bonchev–Trinajstić information content (AvgIpc) is 3.51. The Balaban J connectivity index is 1.57. The molecule has 1 unspecified atom stereocenters. The number of benzene rings is 2. The van der Waals surface area contributed by atoms with Crippen LogP contribution in [0.4, 0.5) is 5.69 Å². The molecule has 2 amide bonds. The molecule has 0 bridgehead atoms. The van der Waals surface area contributed by atoms with Gasteiger partial charge in [0.15, 0.2) is 4.87 Å². The highest BCUT2D eigenvalue weighted by molar-refractivity contribution is 8.01. The predicted molar refractivity (Wildman–Crippen MR) is 121 cm³/mol. The van der Waals surface area contributed by atoms with Gasteiger partial charge in [0, 0.05) is 23.8 Å². The number of aryl methyl sites for hydroxylation is 1. The normalized spacial score (nSPS) is 22.9. The highest BCUT2D eigenvalue weighted by Crippen LogP contribution is 2.55. The lowest BCUT2D eigenvalue weighted by molar-refractivity contribution is -0.143. The molecule has 2 heterocycles. The van der Waals surface area contributed by atoms with E-state index in [0.29, 0.717) is 18.7 Å². The van der Waals surface area contributed by atoms with E-state index in [9.17, 15) is 14.9 Å². The number of nitriles is 1. The first-order valence-electron chi connectivity index (χ1n) is 10.9. The van der Waals surface area contributed by atoms with Crippen LogP contribution in [0, 0.1) is 24.2 Å². The van der Waals surface area contributed by atoms with E-state index in [1.54, 1.807) is 22.7 Å². The second kappa shape index (κ2) is 7.72. The summed E-state index contributed by atoms with van der Waals surface area (Å²) in [5, 5.41) is 9.25. The van der Waals surface area contributed by atoms with E-state index in [0.717, 1.165) is 53.8 Å². The smallest absolute Gasteiger partial charge is 0.268 e. The van der Waals surface area contributed by atoms with E-state index in [-0.39, 0.29) is 17.7 Å². The second-order valence-electron chi connectivity index (χ2n) is 8.69. The summed E-state index contributed by atoms with van der Waals surface area (Å²) in [6.45, 7) is 3.02. The Bertz CT molecular complexity index is 1100. The van der Waals surface area contributed by atoms with Crippen LogP contribution in [0.15, 0.2) is 42.5 Å². The number of thioether (sulfide) groups is 1. The Hall–Kier alpha value is -2.78. The van der Waals surface area contributed by atoms with E-state index in [1.807, 2.05) is 42.2 Å². The Labute approximate surface area is 187 Å². The van der Waals surface area contributed by atoms with Crippen LogP contribution in [-0.4, -0.2) is 29.0 Å². The van der Waals surface area contributed by atoms with Crippen LogP contribution in [0.3, 0.4) is 0 Å². The first kappa shape index (κ1) is 20.1. The van der Waals surface area contributed by atoms with Crippen molar-refractivity contribution in [2.75, 3.05) is 17.2 Å². The predicted octanol–water partition coefficient (Wildman–Crippen LogP) is 4.33. The molecule has 3 aliphatic rings. The van der Waals surface area contributed by atoms with Crippen LogP contribution < -0.4 is 4.90 Å². The molecule has 2 aromatic rings. The number of hydrogen-bond acceptors (Lipinski definition) is 4. The maximum absolute atomic E-state index is 14.0. The van der Waals surface area contributed by atoms with Gasteiger partial charge in [0.05, 0.1) is 23.9 Å². The van der Waals surface area contributed by atoms with Gasteiger partial charge in [0.25, 0.3) is 5.91 Å². The van der Waals surface area contributed by atoms with Crippen molar-refractivity contribution in [2.24, 2.45) is 5.92 Å². The molecule has 1 atom stereocenters. The molecule has 0 radical (unpaired) electrons. The van der Waals surface area contributed by atoms with E-state index < -0.39 is 4.87 Å². The Morgan fingerprint density at radius 3 is 2.81 bits per heavy atom. The Morgan fingerprint density at radius 1 is 1.23 bits per heavy atom. The number of nitrogens with zero attached hydrogens (tertiary/aromatic N) is 3. The molecule has 5 rings (SSSR count). The first-order chi connectivity index (χ1) is 15.0. The molecule has 158 valence electrons. The van der Waals surface area contributed by atoms with Gasteiger partial charge in [-0.05, 0) is 43.5 Å². The monoisotopic (exact) mass is 431 g/mol. The van der Waals surface area contributed by atoms with Gasteiger partial charge in [-0.25, -0.2) is 0 Å². The summed E-state index contributed by atoms with van der Waals surface area (Å²) in [6, 6.07) is 15.7. The van der Waals surface area contributed by atoms with E-state index in [1.165, 1.54) is 0 Å². The van der Waals surface area contributed by atoms with Crippen molar-refractivity contribution in [3.8, 4) is 6.07 Å². The molecule has 1 aliphatic carbocycles. The van der Waals surface area contributed by atoms with Gasteiger partial charge in [-0.2, -0.15) is 5.26 Å². The lowest BCUT2D eigenvalue weighted by atomic mass is 10.00. The lowest BCUT2D eigenvalue weighted by Crippen LogP contribution is -2.51. The van der Waals surface area contributed by atoms with Crippen LogP contribution in [0.2, 0.25) is 0 Å². The Kier molecular flexibility index (Phi) is 5.02. The molecule has 2 aliphatic heterocycles. The summed E-state index contributed by atoms with van der Waals surface area (Å²) in [5.41, 5.74) is 4.38. The molecule has 5 nitrogen and oxygen atoms in total. The van der Waals surface area contributed by atoms with Gasteiger partial charge >= 0.3 is 0 Å². The topological polar surface area (TPSA) is 64.4 Å². The van der Waals surface area contributed by atoms with Gasteiger partial charge in [0.1, 0.15) is 0 Å².